The Morgan fingerprint density at radius 2 is 2.00 bits per heavy atom. The molecule has 2 aromatic rings. The van der Waals surface area contributed by atoms with E-state index in [1.54, 1.807) is 11.3 Å². The molecule has 0 spiro atoms. The van der Waals surface area contributed by atoms with Crippen LogP contribution in [0.1, 0.15) is 54.3 Å². The minimum Gasteiger partial charge on any atom is -0.305 e. The Labute approximate surface area is 140 Å². The quantitative estimate of drug-likeness (QED) is 0.669. The van der Waals surface area contributed by atoms with Gasteiger partial charge in [0.1, 0.15) is 0 Å². The molecule has 0 aromatic carbocycles. The lowest BCUT2D eigenvalue weighted by Gasteiger charge is -2.23. The molecule has 1 aliphatic carbocycles. The first-order valence-electron chi connectivity index (χ1n) is 7.85. The summed E-state index contributed by atoms with van der Waals surface area (Å²) in [5.41, 5.74) is 0. The molecule has 2 aromatic heterocycles. The van der Waals surface area contributed by atoms with Crippen LogP contribution in [-0.2, 0) is 0 Å². The summed E-state index contributed by atoms with van der Waals surface area (Å²) in [7, 11) is 0. The minimum atomic E-state index is 0.311. The third-order valence-corrected chi connectivity index (χ3v) is 6.57. The van der Waals surface area contributed by atoms with Gasteiger partial charge in [0.15, 0.2) is 0 Å². The van der Waals surface area contributed by atoms with Gasteiger partial charge in [-0.05, 0) is 42.5 Å². The van der Waals surface area contributed by atoms with Crippen LogP contribution in [0.3, 0.4) is 0 Å². The Bertz CT molecular complexity index is 529. The van der Waals surface area contributed by atoms with Gasteiger partial charge in [-0.15, -0.1) is 22.7 Å². The smallest absolute Gasteiger partial charge is 0.0931 e. The van der Waals surface area contributed by atoms with Crippen LogP contribution in [0.15, 0.2) is 29.6 Å². The molecular formula is C17H22ClNS2. The highest BCUT2D eigenvalue weighted by Gasteiger charge is 2.18. The summed E-state index contributed by atoms with van der Waals surface area (Å²) < 4.78 is 0.876. The van der Waals surface area contributed by atoms with Crippen molar-refractivity contribution in [3.05, 3.63) is 43.7 Å². The van der Waals surface area contributed by atoms with Gasteiger partial charge in [-0.25, -0.2) is 0 Å². The zero-order chi connectivity index (χ0) is 14.5. The van der Waals surface area contributed by atoms with Crippen molar-refractivity contribution in [3.8, 4) is 0 Å². The van der Waals surface area contributed by atoms with Crippen molar-refractivity contribution < 1.29 is 0 Å². The molecule has 1 N–H and O–H groups in total. The van der Waals surface area contributed by atoms with E-state index in [9.17, 15) is 0 Å². The van der Waals surface area contributed by atoms with Gasteiger partial charge < -0.3 is 5.32 Å². The van der Waals surface area contributed by atoms with E-state index in [0.717, 1.165) is 16.8 Å². The van der Waals surface area contributed by atoms with E-state index in [1.807, 2.05) is 17.4 Å². The summed E-state index contributed by atoms with van der Waals surface area (Å²) in [6, 6.07) is 8.82. The third-order valence-electron chi connectivity index (χ3n) is 4.33. The lowest BCUT2D eigenvalue weighted by Crippen LogP contribution is -2.24. The number of nitrogens with one attached hydrogen (secondary N) is 1. The average molecular weight is 340 g/mol. The van der Waals surface area contributed by atoms with Crippen LogP contribution in [0.5, 0.6) is 0 Å². The lowest BCUT2D eigenvalue weighted by atomic mass is 9.87. The fourth-order valence-electron chi connectivity index (χ4n) is 3.19. The van der Waals surface area contributed by atoms with Crippen molar-refractivity contribution in [2.75, 3.05) is 6.54 Å². The van der Waals surface area contributed by atoms with Crippen LogP contribution in [0.2, 0.25) is 4.34 Å². The Kier molecular flexibility index (Phi) is 5.75. The van der Waals surface area contributed by atoms with Gasteiger partial charge in [-0.2, -0.15) is 0 Å². The Morgan fingerprint density at radius 1 is 1.14 bits per heavy atom. The zero-order valence-corrected chi connectivity index (χ0v) is 14.6. The summed E-state index contributed by atoms with van der Waals surface area (Å²) in [5.74, 6) is 0.933. The molecule has 1 saturated carbocycles. The molecule has 4 heteroatoms. The van der Waals surface area contributed by atoms with E-state index in [2.05, 4.69) is 28.9 Å². The topological polar surface area (TPSA) is 12.0 Å². The monoisotopic (exact) mass is 339 g/mol. The molecule has 21 heavy (non-hydrogen) atoms. The molecular weight excluding hydrogens is 318 g/mol. The number of hydrogen-bond acceptors (Lipinski definition) is 3. The van der Waals surface area contributed by atoms with Gasteiger partial charge in [0.2, 0.25) is 0 Å². The first-order chi connectivity index (χ1) is 10.3. The molecule has 3 rings (SSSR count). The van der Waals surface area contributed by atoms with Crippen molar-refractivity contribution >= 4 is 34.3 Å². The van der Waals surface area contributed by atoms with Crippen molar-refractivity contribution in [2.24, 2.45) is 5.92 Å². The normalized spacial score (nSPS) is 18.0. The van der Waals surface area contributed by atoms with E-state index in [-0.39, 0.29) is 0 Å². The fourth-order valence-corrected chi connectivity index (χ4v) is 5.24. The van der Waals surface area contributed by atoms with Crippen molar-refractivity contribution in [1.82, 2.24) is 5.32 Å². The molecule has 1 atom stereocenters. The van der Waals surface area contributed by atoms with E-state index in [1.165, 1.54) is 48.3 Å². The number of rotatable bonds is 6. The number of halogens is 1. The lowest BCUT2D eigenvalue weighted by molar-refractivity contribution is 0.331. The maximum absolute atomic E-state index is 6.12. The van der Waals surface area contributed by atoms with Gasteiger partial charge in [0, 0.05) is 9.75 Å². The van der Waals surface area contributed by atoms with Crippen LogP contribution < -0.4 is 5.32 Å². The fraction of sp³-hybridized carbons (Fsp3) is 0.529. The van der Waals surface area contributed by atoms with Gasteiger partial charge >= 0.3 is 0 Å². The highest BCUT2D eigenvalue weighted by molar-refractivity contribution is 7.16. The van der Waals surface area contributed by atoms with Crippen molar-refractivity contribution in [2.45, 2.75) is 44.6 Å². The number of thiophene rings is 2. The zero-order valence-electron chi connectivity index (χ0n) is 12.2. The summed E-state index contributed by atoms with van der Waals surface area (Å²) in [4.78, 5) is 2.71. The van der Waals surface area contributed by atoms with Gasteiger partial charge in [-0.1, -0.05) is 49.8 Å². The first kappa shape index (κ1) is 15.5. The molecule has 0 amide bonds. The average Bonchev–Trinajstić information content (AvgIpc) is 3.16. The first-order valence-corrected chi connectivity index (χ1v) is 9.92. The maximum Gasteiger partial charge on any atom is 0.0931 e. The van der Waals surface area contributed by atoms with Gasteiger partial charge in [0.25, 0.3) is 0 Å². The largest absolute Gasteiger partial charge is 0.305 e. The summed E-state index contributed by atoms with van der Waals surface area (Å²) >= 11 is 9.63. The Hall–Kier alpha value is -0.350. The van der Waals surface area contributed by atoms with Crippen LogP contribution in [0, 0.1) is 5.92 Å². The second kappa shape index (κ2) is 7.77. The molecule has 1 fully saturated rings. The highest BCUT2D eigenvalue weighted by atomic mass is 35.5. The molecule has 0 bridgehead atoms. The van der Waals surface area contributed by atoms with E-state index in [4.69, 9.17) is 11.6 Å². The van der Waals surface area contributed by atoms with Gasteiger partial charge in [0.05, 0.1) is 10.4 Å². The van der Waals surface area contributed by atoms with E-state index in [0.29, 0.717) is 6.04 Å². The van der Waals surface area contributed by atoms with E-state index >= 15 is 0 Å². The SMILES string of the molecule is Clc1ccc(C(NCCC2CCCCC2)c2cccs2)s1. The minimum absolute atomic E-state index is 0.311. The Morgan fingerprint density at radius 3 is 2.67 bits per heavy atom. The standard InChI is InChI=1S/C17H22ClNS2/c18-16-9-8-15(21-16)17(14-7-4-12-20-14)19-11-10-13-5-2-1-3-6-13/h4,7-9,12-13,17,19H,1-3,5-6,10-11H2. The predicted molar refractivity (Wildman–Crippen MR) is 94.7 cm³/mol. The molecule has 1 unspecified atom stereocenters. The molecule has 1 nitrogen and oxygen atoms in total. The van der Waals surface area contributed by atoms with Crippen LogP contribution in [0.25, 0.3) is 0 Å². The van der Waals surface area contributed by atoms with Crippen LogP contribution >= 0.6 is 34.3 Å². The third kappa shape index (κ3) is 4.32. The summed E-state index contributed by atoms with van der Waals surface area (Å²) in [6.07, 6.45) is 8.46. The van der Waals surface area contributed by atoms with Crippen LogP contribution in [-0.4, -0.2) is 6.54 Å². The molecule has 0 aliphatic heterocycles. The summed E-state index contributed by atoms with van der Waals surface area (Å²) in [6.45, 7) is 1.10. The van der Waals surface area contributed by atoms with Crippen molar-refractivity contribution in [3.63, 3.8) is 0 Å². The maximum atomic E-state index is 6.12. The van der Waals surface area contributed by atoms with Crippen molar-refractivity contribution in [1.29, 1.82) is 0 Å². The summed E-state index contributed by atoms with van der Waals surface area (Å²) in [5, 5.41) is 5.91. The second-order valence-corrected chi connectivity index (χ2v) is 8.56. The number of hydrogen-bond donors (Lipinski definition) is 1. The van der Waals surface area contributed by atoms with Crippen LogP contribution in [0.4, 0.5) is 0 Å². The molecule has 2 heterocycles. The molecule has 0 radical (unpaired) electrons. The Balaban J connectivity index is 1.60. The molecule has 0 saturated heterocycles. The predicted octanol–water partition coefficient (Wildman–Crippen LogP) is 6.11. The second-order valence-electron chi connectivity index (χ2n) is 5.84. The van der Waals surface area contributed by atoms with E-state index < -0.39 is 0 Å². The molecule has 114 valence electrons. The molecule has 1 aliphatic rings. The highest BCUT2D eigenvalue weighted by Crippen LogP contribution is 2.33. The van der Waals surface area contributed by atoms with Gasteiger partial charge in [-0.3, -0.25) is 0 Å².